The zero-order chi connectivity index (χ0) is 60.1. The van der Waals surface area contributed by atoms with Crippen molar-refractivity contribution in [2.45, 2.75) is 175 Å². The van der Waals surface area contributed by atoms with E-state index in [9.17, 15) is 43.5 Å². The van der Waals surface area contributed by atoms with Gasteiger partial charge in [-0.1, -0.05) is 111 Å². The van der Waals surface area contributed by atoms with Gasteiger partial charge in [-0.25, -0.2) is 9.59 Å². The number of ether oxygens (including phenoxy) is 3. The summed E-state index contributed by atoms with van der Waals surface area (Å²) in [6.45, 7) is 18.7. The van der Waals surface area contributed by atoms with E-state index in [1.54, 1.807) is 94.8 Å². The largest absolute Gasteiger partial charge is 0.445 e. The third kappa shape index (κ3) is 19.4. The standard InChI is InChI=1S/C58H94N10O12/c1-15-36(8)49(44(78-13)31-45(69)68-30-20-24-43(68)51(79-14)37(9)52(71)62-38(10)50(70)40-21-17-16-18-22-40)66(11)56(75)47(34(4)5)65-55(74)48(35(6)7)67(12)58(77)80-32-39-25-27-41(28-26-39)63-53(72)42(23-19-29-61-57(60)76)64-54(73)46(59)33(2)3/h16-18,21-22,25-28,33-38,42-44,46-51,70H,15,19-20,23-24,29-32,59H2,1-14H3,(H,62,71)(H,63,72)(H,64,73)(H,65,74)(H3,60,61,76)/t36-,37+,38+,42-,43-,44+,46?,47-,48?,49?,50+,51+/m0/s1. The number of carbonyl (C=O) groups excluding carboxylic acids is 8. The van der Waals surface area contributed by atoms with Crippen LogP contribution in [0.2, 0.25) is 0 Å². The Kier molecular flexibility index (Phi) is 27.8. The Labute approximate surface area is 473 Å². The fraction of sp³-hybridized carbons (Fsp3) is 0.655. The molecule has 3 unspecified atom stereocenters. The van der Waals surface area contributed by atoms with Crippen LogP contribution in [0.3, 0.4) is 0 Å². The van der Waals surface area contributed by atoms with Crippen molar-refractivity contribution < 1.29 is 57.7 Å². The second-order valence-electron chi connectivity index (χ2n) is 22.3. The summed E-state index contributed by atoms with van der Waals surface area (Å²) in [6.07, 6.45) is -0.736. The lowest BCUT2D eigenvalue weighted by atomic mass is 9.89. The van der Waals surface area contributed by atoms with Crippen LogP contribution in [0, 0.1) is 29.6 Å². The molecule has 0 aliphatic carbocycles. The van der Waals surface area contributed by atoms with Gasteiger partial charge in [-0.15, -0.1) is 0 Å². The van der Waals surface area contributed by atoms with Gasteiger partial charge < -0.3 is 67.2 Å². The van der Waals surface area contributed by atoms with Crippen LogP contribution in [0.1, 0.15) is 125 Å². The molecular weight excluding hydrogens is 1030 g/mol. The minimum Gasteiger partial charge on any atom is -0.445 e. The number of hydrogen-bond donors (Lipinski definition) is 8. The van der Waals surface area contributed by atoms with Gasteiger partial charge in [0.15, 0.2) is 0 Å². The van der Waals surface area contributed by atoms with Crippen LogP contribution in [-0.4, -0.2) is 163 Å². The summed E-state index contributed by atoms with van der Waals surface area (Å²) in [4.78, 5) is 112. The molecule has 80 heavy (non-hydrogen) atoms. The lowest BCUT2D eigenvalue weighted by Crippen LogP contribution is -2.60. The molecule has 1 saturated heterocycles. The number of likely N-dealkylation sites (tertiary alicyclic amines) is 1. The van der Waals surface area contributed by atoms with E-state index in [2.05, 4.69) is 26.6 Å². The average Bonchev–Trinajstić information content (AvgIpc) is 3.91. The number of aliphatic hydroxyl groups is 1. The zero-order valence-electron chi connectivity index (χ0n) is 49.7. The van der Waals surface area contributed by atoms with Crippen molar-refractivity contribution in [1.29, 1.82) is 0 Å². The number of aliphatic hydroxyl groups excluding tert-OH is 1. The molecule has 0 radical (unpaired) electrons. The second kappa shape index (κ2) is 32.8. The highest BCUT2D eigenvalue weighted by Gasteiger charge is 2.44. The predicted octanol–water partition coefficient (Wildman–Crippen LogP) is 4.43. The number of likely N-dealkylation sites (N-methyl/N-ethyl adjacent to an activating group) is 2. The second-order valence-corrected chi connectivity index (χ2v) is 22.3. The number of carbonyl (C=O) groups is 8. The molecular formula is C58H94N10O12. The Hall–Kier alpha value is -6.36. The summed E-state index contributed by atoms with van der Waals surface area (Å²) in [5, 5.41) is 24.8. The Morgan fingerprint density at radius 1 is 0.775 bits per heavy atom. The van der Waals surface area contributed by atoms with E-state index in [1.165, 1.54) is 26.2 Å². The fourth-order valence-corrected chi connectivity index (χ4v) is 10.2. The van der Waals surface area contributed by atoms with E-state index in [4.69, 9.17) is 25.7 Å². The van der Waals surface area contributed by atoms with Crippen LogP contribution in [0.25, 0.3) is 0 Å². The highest BCUT2D eigenvalue weighted by atomic mass is 16.6. The molecule has 3 rings (SSSR count). The summed E-state index contributed by atoms with van der Waals surface area (Å²) in [5.74, 6) is -4.32. The van der Waals surface area contributed by atoms with E-state index >= 15 is 0 Å². The summed E-state index contributed by atoms with van der Waals surface area (Å²) < 4.78 is 17.7. The maximum atomic E-state index is 14.7. The molecule has 9 amide bonds. The molecule has 2 aromatic rings. The lowest BCUT2D eigenvalue weighted by molar-refractivity contribution is -0.148. The first-order valence-corrected chi connectivity index (χ1v) is 28.0. The summed E-state index contributed by atoms with van der Waals surface area (Å²) in [6, 6.07) is 9.37. The van der Waals surface area contributed by atoms with Gasteiger partial charge in [0.1, 0.15) is 24.7 Å². The third-order valence-electron chi connectivity index (χ3n) is 15.3. The lowest BCUT2D eigenvalue weighted by Gasteiger charge is -2.41. The first kappa shape index (κ1) is 67.9. The van der Waals surface area contributed by atoms with Crippen molar-refractivity contribution in [1.82, 2.24) is 36.0 Å². The van der Waals surface area contributed by atoms with Gasteiger partial charge in [0, 0.05) is 47.1 Å². The van der Waals surface area contributed by atoms with Crippen molar-refractivity contribution in [3.63, 3.8) is 0 Å². The number of methoxy groups -OCH3 is 2. The van der Waals surface area contributed by atoms with Gasteiger partial charge in [-0.2, -0.15) is 0 Å². The SMILES string of the molecule is CC[C@H](C)C([C@@H](CC(=O)N1CCC[C@H]1[C@H](OC)[C@@H](C)C(=O)N[C@H](C)[C@@H](O)c1ccccc1)OC)N(C)C(=O)[C@@H](NC(=O)C(C(C)C)N(C)C(=O)OCc1ccc(NC(=O)[C@H](CCCNC(N)=O)NC(=O)C(N)C(C)C)cc1)C(C)C. The molecule has 0 bridgehead atoms. The van der Waals surface area contributed by atoms with E-state index in [-0.39, 0.29) is 49.6 Å². The fourth-order valence-electron chi connectivity index (χ4n) is 10.2. The third-order valence-corrected chi connectivity index (χ3v) is 15.3. The number of urea groups is 1. The van der Waals surface area contributed by atoms with Gasteiger partial charge in [-0.05, 0) is 79.5 Å². The number of rotatable bonds is 31. The summed E-state index contributed by atoms with van der Waals surface area (Å²) >= 11 is 0. The maximum absolute atomic E-state index is 14.7. The molecule has 22 nitrogen and oxygen atoms in total. The minimum absolute atomic E-state index is 0.0747. The highest BCUT2D eigenvalue weighted by Crippen LogP contribution is 2.30. The molecule has 1 aliphatic heterocycles. The molecule has 0 aromatic heterocycles. The first-order chi connectivity index (χ1) is 37.7. The Balaban J connectivity index is 1.70. The van der Waals surface area contributed by atoms with E-state index in [0.717, 1.165) is 0 Å². The van der Waals surface area contributed by atoms with Crippen molar-refractivity contribution in [2.24, 2.45) is 41.1 Å². The number of amides is 9. The zero-order valence-corrected chi connectivity index (χ0v) is 49.7. The predicted molar refractivity (Wildman–Crippen MR) is 305 cm³/mol. The Morgan fingerprint density at radius 3 is 1.96 bits per heavy atom. The van der Waals surface area contributed by atoms with Crippen molar-refractivity contribution in [3.05, 3.63) is 65.7 Å². The smallest absolute Gasteiger partial charge is 0.410 e. The van der Waals surface area contributed by atoms with Gasteiger partial charge in [0.2, 0.25) is 35.4 Å². The Morgan fingerprint density at radius 2 is 1.41 bits per heavy atom. The number of benzene rings is 2. The van der Waals surface area contributed by atoms with Crippen LogP contribution >= 0.6 is 0 Å². The van der Waals surface area contributed by atoms with Crippen molar-refractivity contribution in [3.8, 4) is 0 Å². The monoisotopic (exact) mass is 1120 g/mol. The van der Waals surface area contributed by atoms with Crippen LogP contribution in [0.5, 0.6) is 0 Å². The number of nitrogens with zero attached hydrogens (tertiary/aromatic N) is 3. The molecule has 1 aliphatic rings. The normalized spacial score (nSPS) is 17.6. The molecule has 448 valence electrons. The molecule has 12 atom stereocenters. The topological polar surface area (TPSA) is 306 Å². The molecule has 0 saturated carbocycles. The average molecular weight is 1120 g/mol. The minimum atomic E-state index is -1.05. The van der Waals surface area contributed by atoms with Crippen LogP contribution in [0.4, 0.5) is 15.3 Å². The van der Waals surface area contributed by atoms with E-state index in [1.807, 2.05) is 45.9 Å². The number of hydrogen-bond acceptors (Lipinski definition) is 13. The molecule has 1 fully saturated rings. The van der Waals surface area contributed by atoms with Crippen LogP contribution in [-0.2, 0) is 49.6 Å². The molecule has 10 N–H and O–H groups in total. The number of nitrogens with one attached hydrogen (secondary N) is 5. The summed E-state index contributed by atoms with van der Waals surface area (Å²) in [7, 11) is 6.12. The van der Waals surface area contributed by atoms with Gasteiger partial charge in [0.05, 0.1) is 54.8 Å². The van der Waals surface area contributed by atoms with Gasteiger partial charge in [-0.3, -0.25) is 33.7 Å². The van der Waals surface area contributed by atoms with Gasteiger partial charge >= 0.3 is 12.1 Å². The molecule has 0 spiro atoms. The molecule has 22 heteroatoms. The van der Waals surface area contributed by atoms with E-state index < -0.39 is 114 Å². The highest BCUT2D eigenvalue weighted by molar-refractivity contribution is 5.98. The number of nitrogens with two attached hydrogens (primary N) is 2. The molecule has 1 heterocycles. The maximum Gasteiger partial charge on any atom is 0.410 e. The van der Waals surface area contributed by atoms with Crippen LogP contribution < -0.4 is 38.1 Å². The van der Waals surface area contributed by atoms with Crippen molar-refractivity contribution >= 4 is 53.3 Å². The van der Waals surface area contributed by atoms with Crippen molar-refractivity contribution in [2.75, 3.05) is 46.7 Å². The summed E-state index contributed by atoms with van der Waals surface area (Å²) in [5.41, 5.74) is 12.8. The quantitative estimate of drug-likeness (QED) is 0.0485. The number of anilines is 1. The Bertz CT molecular complexity index is 2320. The van der Waals surface area contributed by atoms with Gasteiger partial charge in [0.25, 0.3) is 0 Å². The first-order valence-electron chi connectivity index (χ1n) is 28.0. The molecule has 2 aromatic carbocycles. The van der Waals surface area contributed by atoms with E-state index in [0.29, 0.717) is 49.0 Å². The number of primary amides is 1. The van der Waals surface area contributed by atoms with Crippen LogP contribution in [0.15, 0.2) is 54.6 Å².